The molecule has 0 radical (unpaired) electrons. The molecule has 2 heterocycles. The first-order chi connectivity index (χ1) is 12.2. The Morgan fingerprint density at radius 1 is 1.28 bits per heavy atom. The molecule has 2 aromatic rings. The molecule has 1 aliphatic carbocycles. The molecule has 0 saturated heterocycles. The van der Waals surface area contributed by atoms with Crippen LogP contribution in [-0.4, -0.2) is 31.3 Å². The molecular weight excluding hydrogens is 318 g/mol. The Hall–Kier alpha value is -2.53. The highest BCUT2D eigenvalue weighted by molar-refractivity contribution is 5.86. The predicted octanol–water partition coefficient (Wildman–Crippen LogP) is 3.23. The molecule has 0 fully saturated rings. The number of hydrogen-bond acceptors (Lipinski definition) is 4. The molecule has 5 rings (SSSR count). The van der Waals surface area contributed by atoms with Crippen molar-refractivity contribution in [1.29, 1.82) is 0 Å². The first-order valence-corrected chi connectivity index (χ1v) is 8.55. The third-order valence-corrected chi connectivity index (χ3v) is 5.52. The summed E-state index contributed by atoms with van der Waals surface area (Å²) in [6.45, 7) is 2.56. The number of rotatable bonds is 1. The van der Waals surface area contributed by atoms with Gasteiger partial charge in [0.2, 0.25) is 12.7 Å². The number of benzene rings is 2. The van der Waals surface area contributed by atoms with Gasteiger partial charge in [-0.2, -0.15) is 0 Å². The van der Waals surface area contributed by atoms with Crippen LogP contribution in [0.3, 0.4) is 0 Å². The Labute approximate surface area is 146 Å². The van der Waals surface area contributed by atoms with Gasteiger partial charge in [0.05, 0.1) is 6.04 Å². The second kappa shape index (κ2) is 5.23. The van der Waals surface area contributed by atoms with Crippen molar-refractivity contribution in [2.75, 3.05) is 20.4 Å². The summed E-state index contributed by atoms with van der Waals surface area (Å²) in [7, 11) is 1.71. The number of nitrogens with zero attached hydrogens (tertiary/aromatic N) is 1. The van der Waals surface area contributed by atoms with Crippen molar-refractivity contribution in [3.63, 3.8) is 0 Å². The highest BCUT2D eigenvalue weighted by Gasteiger charge is 2.44. The Morgan fingerprint density at radius 3 is 2.92 bits per heavy atom. The number of ether oxygens (including phenoxy) is 3. The molecular formula is C20H19NO4. The molecule has 0 bridgehead atoms. The molecule has 25 heavy (non-hydrogen) atoms. The molecule has 2 aliphatic heterocycles. The van der Waals surface area contributed by atoms with Gasteiger partial charge in [0, 0.05) is 26.1 Å². The molecule has 5 heteroatoms. The van der Waals surface area contributed by atoms with Gasteiger partial charge >= 0.3 is 0 Å². The van der Waals surface area contributed by atoms with E-state index in [0.29, 0.717) is 6.54 Å². The fraction of sp³-hybridized carbons (Fsp3) is 0.350. The van der Waals surface area contributed by atoms with Crippen molar-refractivity contribution in [2.24, 2.45) is 0 Å². The van der Waals surface area contributed by atoms with Crippen LogP contribution in [0, 0.1) is 0 Å². The van der Waals surface area contributed by atoms with E-state index in [-0.39, 0.29) is 24.8 Å². The van der Waals surface area contributed by atoms with Crippen molar-refractivity contribution in [1.82, 2.24) is 4.90 Å². The van der Waals surface area contributed by atoms with E-state index in [9.17, 15) is 4.79 Å². The highest BCUT2D eigenvalue weighted by Crippen LogP contribution is 2.57. The molecule has 3 aliphatic rings. The first kappa shape index (κ1) is 14.8. The molecule has 0 unspecified atom stereocenters. The Bertz CT molecular complexity index is 892. The minimum atomic E-state index is -0.188. The van der Waals surface area contributed by atoms with Crippen molar-refractivity contribution in [3.05, 3.63) is 47.0 Å². The van der Waals surface area contributed by atoms with Gasteiger partial charge in [0.1, 0.15) is 6.10 Å². The summed E-state index contributed by atoms with van der Waals surface area (Å²) >= 11 is 0. The number of carbonyl (C=O) groups excluding carboxylic acids is 1. The number of amides is 1. The van der Waals surface area contributed by atoms with E-state index in [2.05, 4.69) is 18.2 Å². The van der Waals surface area contributed by atoms with Crippen molar-refractivity contribution >= 4 is 5.91 Å². The molecule has 0 saturated carbocycles. The van der Waals surface area contributed by atoms with Gasteiger partial charge in [-0.25, -0.2) is 0 Å². The van der Waals surface area contributed by atoms with Crippen LogP contribution in [0.2, 0.25) is 0 Å². The molecule has 0 aromatic heterocycles. The lowest BCUT2D eigenvalue weighted by molar-refractivity contribution is -0.135. The summed E-state index contributed by atoms with van der Waals surface area (Å²) in [4.78, 5) is 14.3. The molecule has 128 valence electrons. The Kier molecular flexibility index (Phi) is 3.09. The van der Waals surface area contributed by atoms with Crippen LogP contribution in [0.5, 0.6) is 11.5 Å². The number of methoxy groups -OCH3 is 1. The summed E-state index contributed by atoms with van der Waals surface area (Å²) in [6.07, 6.45) is 0.625. The lowest BCUT2D eigenvalue weighted by atomic mass is 9.75. The van der Waals surface area contributed by atoms with Crippen LogP contribution in [-0.2, 0) is 16.0 Å². The predicted molar refractivity (Wildman–Crippen MR) is 91.6 cm³/mol. The maximum Gasteiger partial charge on any atom is 0.231 e. The van der Waals surface area contributed by atoms with Gasteiger partial charge in [-0.15, -0.1) is 0 Å². The minimum absolute atomic E-state index is 0.0701. The highest BCUT2D eigenvalue weighted by atomic mass is 16.7. The molecule has 0 spiro atoms. The second-order valence-corrected chi connectivity index (χ2v) is 6.71. The van der Waals surface area contributed by atoms with Crippen LogP contribution in [0.4, 0.5) is 0 Å². The lowest BCUT2D eigenvalue weighted by Gasteiger charge is -2.45. The number of fused-ring (bicyclic) bond motifs is 4. The normalized spacial score (nSPS) is 22.4. The number of carbonyl (C=O) groups is 1. The summed E-state index contributed by atoms with van der Waals surface area (Å²) in [5.41, 5.74) is 5.62. The average molecular weight is 337 g/mol. The zero-order chi connectivity index (χ0) is 17.1. The fourth-order valence-corrected chi connectivity index (χ4v) is 4.52. The molecule has 2 aromatic carbocycles. The van der Waals surface area contributed by atoms with E-state index in [0.717, 1.165) is 40.2 Å². The Morgan fingerprint density at radius 2 is 2.12 bits per heavy atom. The smallest absolute Gasteiger partial charge is 0.231 e. The first-order valence-electron chi connectivity index (χ1n) is 8.55. The van der Waals surface area contributed by atoms with Crippen LogP contribution in [0.25, 0.3) is 11.1 Å². The largest absolute Gasteiger partial charge is 0.454 e. The third-order valence-electron chi connectivity index (χ3n) is 5.52. The maximum atomic E-state index is 12.3. The van der Waals surface area contributed by atoms with Crippen molar-refractivity contribution < 1.29 is 19.0 Å². The summed E-state index contributed by atoms with van der Waals surface area (Å²) in [5, 5.41) is 0. The van der Waals surface area contributed by atoms with Crippen LogP contribution in [0.15, 0.2) is 30.3 Å². The summed E-state index contributed by atoms with van der Waals surface area (Å²) in [5.74, 6) is 1.66. The van der Waals surface area contributed by atoms with Crippen LogP contribution in [0.1, 0.15) is 35.8 Å². The third kappa shape index (κ3) is 1.90. The van der Waals surface area contributed by atoms with E-state index < -0.39 is 0 Å². The van der Waals surface area contributed by atoms with E-state index in [1.807, 2.05) is 17.0 Å². The second-order valence-electron chi connectivity index (χ2n) is 6.71. The van der Waals surface area contributed by atoms with E-state index in [1.54, 1.807) is 14.0 Å². The SMILES string of the molecule is CO[C@H]1c2ccccc2-c2c3c(cc4c2[C@@H]1N(C(C)=O)CC4)OCO3. The summed E-state index contributed by atoms with van der Waals surface area (Å²) < 4.78 is 17.4. The monoisotopic (exact) mass is 337 g/mol. The van der Waals surface area contributed by atoms with Gasteiger partial charge in [-0.3, -0.25) is 4.79 Å². The Balaban J connectivity index is 1.87. The lowest BCUT2D eigenvalue weighted by Crippen LogP contribution is -2.43. The van der Waals surface area contributed by atoms with Gasteiger partial charge in [0.15, 0.2) is 11.5 Å². The topological polar surface area (TPSA) is 48.0 Å². The number of hydrogen-bond donors (Lipinski definition) is 0. The van der Waals surface area contributed by atoms with E-state index in [4.69, 9.17) is 14.2 Å². The quantitative estimate of drug-likeness (QED) is 0.802. The van der Waals surface area contributed by atoms with E-state index in [1.165, 1.54) is 5.56 Å². The molecule has 5 nitrogen and oxygen atoms in total. The standard InChI is InChI=1S/C20H19NO4/c1-11(22)21-8-7-12-9-15-20(25-10-24-15)17-13-5-3-4-6-14(13)19(23-2)18(21)16(12)17/h3-6,9,18-19H,7-8,10H2,1-2H3/t18-,19-/m0/s1. The van der Waals surface area contributed by atoms with Crippen molar-refractivity contribution in [2.45, 2.75) is 25.5 Å². The maximum absolute atomic E-state index is 12.3. The van der Waals surface area contributed by atoms with Gasteiger partial charge in [-0.05, 0) is 34.7 Å². The zero-order valence-electron chi connectivity index (χ0n) is 14.2. The van der Waals surface area contributed by atoms with Gasteiger partial charge in [-0.1, -0.05) is 24.3 Å². The minimum Gasteiger partial charge on any atom is -0.454 e. The van der Waals surface area contributed by atoms with Crippen molar-refractivity contribution in [3.8, 4) is 22.6 Å². The van der Waals surface area contributed by atoms with Crippen LogP contribution < -0.4 is 9.47 Å². The zero-order valence-corrected chi connectivity index (χ0v) is 14.2. The molecule has 0 N–H and O–H groups in total. The molecule has 1 amide bonds. The van der Waals surface area contributed by atoms with Crippen LogP contribution >= 0.6 is 0 Å². The molecule has 2 atom stereocenters. The van der Waals surface area contributed by atoms with E-state index >= 15 is 0 Å². The fourth-order valence-electron chi connectivity index (χ4n) is 4.52. The van der Waals surface area contributed by atoms with Gasteiger partial charge in [0.25, 0.3) is 0 Å². The average Bonchev–Trinajstić information content (AvgIpc) is 3.09. The van der Waals surface area contributed by atoms with Gasteiger partial charge < -0.3 is 19.1 Å². The summed E-state index contributed by atoms with van der Waals surface area (Å²) in [6, 6.07) is 10.2.